The lowest BCUT2D eigenvalue weighted by Gasteiger charge is -2.28. The van der Waals surface area contributed by atoms with Crippen molar-refractivity contribution in [3.05, 3.63) is 45.1 Å². The van der Waals surface area contributed by atoms with Crippen molar-refractivity contribution in [2.45, 2.75) is 19.4 Å². The summed E-state index contributed by atoms with van der Waals surface area (Å²) in [5.74, 6) is 1.61. The van der Waals surface area contributed by atoms with Crippen LogP contribution in [0.5, 0.6) is 11.5 Å². The van der Waals surface area contributed by atoms with Gasteiger partial charge in [-0.05, 0) is 53.6 Å². The van der Waals surface area contributed by atoms with Crippen LogP contribution in [0, 0.1) is 6.92 Å². The second kappa shape index (κ2) is 5.46. The van der Waals surface area contributed by atoms with Crippen molar-refractivity contribution < 1.29 is 9.47 Å². The first kappa shape index (κ1) is 13.5. The van der Waals surface area contributed by atoms with Gasteiger partial charge in [-0.1, -0.05) is 0 Å². The van der Waals surface area contributed by atoms with Crippen LogP contribution in [0.25, 0.3) is 0 Å². The van der Waals surface area contributed by atoms with Gasteiger partial charge < -0.3 is 14.8 Å². The van der Waals surface area contributed by atoms with Crippen LogP contribution in [0.2, 0.25) is 0 Å². The van der Waals surface area contributed by atoms with Gasteiger partial charge in [-0.15, -0.1) is 11.3 Å². The van der Waals surface area contributed by atoms with Crippen molar-refractivity contribution in [1.82, 2.24) is 5.32 Å². The van der Waals surface area contributed by atoms with Gasteiger partial charge in [-0.2, -0.15) is 0 Å². The summed E-state index contributed by atoms with van der Waals surface area (Å²) in [5, 5.41) is 5.78. The molecule has 106 valence electrons. The third-order valence-electron chi connectivity index (χ3n) is 3.86. The van der Waals surface area contributed by atoms with E-state index in [1.165, 1.54) is 21.6 Å². The van der Waals surface area contributed by atoms with Gasteiger partial charge in [0, 0.05) is 11.4 Å². The zero-order valence-electron chi connectivity index (χ0n) is 12.0. The molecule has 0 bridgehead atoms. The number of hydrogen-bond donors (Lipinski definition) is 1. The molecule has 20 heavy (non-hydrogen) atoms. The summed E-state index contributed by atoms with van der Waals surface area (Å²) in [6.07, 6.45) is 1.02. The topological polar surface area (TPSA) is 30.5 Å². The molecule has 1 aliphatic heterocycles. The lowest BCUT2D eigenvalue weighted by molar-refractivity contribution is 0.353. The summed E-state index contributed by atoms with van der Waals surface area (Å²) in [4.78, 5) is 1.39. The smallest absolute Gasteiger partial charge is 0.161 e. The molecule has 1 unspecified atom stereocenters. The average Bonchev–Trinajstić information content (AvgIpc) is 2.91. The standard InChI is InChI=1S/C16H19NO2S/c1-10-5-7-20-16(10)15-12-9-14(19-3)13(18-2)8-11(12)4-6-17-15/h5,7-9,15,17H,4,6H2,1-3H3. The van der Waals surface area contributed by atoms with E-state index in [1.54, 1.807) is 14.2 Å². The minimum absolute atomic E-state index is 0.263. The van der Waals surface area contributed by atoms with Crippen LogP contribution in [0.1, 0.15) is 27.6 Å². The summed E-state index contributed by atoms with van der Waals surface area (Å²) < 4.78 is 10.9. The molecule has 1 atom stereocenters. The molecule has 3 nitrogen and oxygen atoms in total. The molecule has 3 rings (SSSR count). The second-order valence-electron chi connectivity index (χ2n) is 5.01. The molecule has 1 aromatic heterocycles. The maximum absolute atomic E-state index is 5.45. The summed E-state index contributed by atoms with van der Waals surface area (Å²) in [7, 11) is 3.37. The van der Waals surface area contributed by atoms with Gasteiger partial charge in [-0.25, -0.2) is 0 Å². The minimum atomic E-state index is 0.263. The van der Waals surface area contributed by atoms with Crippen molar-refractivity contribution in [2.24, 2.45) is 0 Å². The van der Waals surface area contributed by atoms with Crippen molar-refractivity contribution in [3.63, 3.8) is 0 Å². The van der Waals surface area contributed by atoms with E-state index in [1.807, 2.05) is 11.3 Å². The molecule has 1 aromatic carbocycles. The monoisotopic (exact) mass is 289 g/mol. The predicted molar refractivity (Wildman–Crippen MR) is 82.2 cm³/mol. The Morgan fingerprint density at radius 2 is 1.95 bits per heavy atom. The first-order valence-electron chi connectivity index (χ1n) is 6.76. The van der Waals surface area contributed by atoms with Crippen molar-refractivity contribution in [2.75, 3.05) is 20.8 Å². The highest BCUT2D eigenvalue weighted by molar-refractivity contribution is 7.10. The Hall–Kier alpha value is -1.52. The van der Waals surface area contributed by atoms with E-state index in [2.05, 4.69) is 35.8 Å². The summed E-state index contributed by atoms with van der Waals surface area (Å²) in [5.41, 5.74) is 3.99. The number of hydrogen-bond acceptors (Lipinski definition) is 4. The molecule has 1 N–H and O–H groups in total. The molecule has 0 saturated carbocycles. The molecule has 4 heteroatoms. The fourth-order valence-corrected chi connectivity index (χ4v) is 3.82. The third-order valence-corrected chi connectivity index (χ3v) is 4.95. The highest BCUT2D eigenvalue weighted by Gasteiger charge is 2.25. The quantitative estimate of drug-likeness (QED) is 0.940. The van der Waals surface area contributed by atoms with Crippen LogP contribution in [-0.4, -0.2) is 20.8 Å². The molecule has 0 amide bonds. The average molecular weight is 289 g/mol. The first-order chi connectivity index (χ1) is 9.74. The minimum Gasteiger partial charge on any atom is -0.493 e. The Balaban J connectivity index is 2.10. The summed E-state index contributed by atoms with van der Waals surface area (Å²) in [6, 6.07) is 6.67. The van der Waals surface area contributed by atoms with Gasteiger partial charge in [0.05, 0.1) is 20.3 Å². The fourth-order valence-electron chi connectivity index (χ4n) is 2.80. The van der Waals surface area contributed by atoms with Gasteiger partial charge >= 0.3 is 0 Å². The summed E-state index contributed by atoms with van der Waals surface area (Å²) in [6.45, 7) is 3.16. The Morgan fingerprint density at radius 3 is 2.60 bits per heavy atom. The zero-order valence-corrected chi connectivity index (χ0v) is 12.8. The van der Waals surface area contributed by atoms with E-state index in [0.29, 0.717) is 0 Å². The molecule has 0 radical (unpaired) electrons. The number of aryl methyl sites for hydroxylation is 1. The molecule has 1 aliphatic rings. The fraction of sp³-hybridized carbons (Fsp3) is 0.375. The van der Waals surface area contributed by atoms with Gasteiger partial charge in [0.15, 0.2) is 11.5 Å². The lowest BCUT2D eigenvalue weighted by atomic mass is 9.91. The highest BCUT2D eigenvalue weighted by Crippen LogP contribution is 2.39. The van der Waals surface area contributed by atoms with E-state index in [-0.39, 0.29) is 6.04 Å². The molecule has 2 heterocycles. The molecule has 0 aliphatic carbocycles. The third kappa shape index (κ3) is 2.19. The van der Waals surface area contributed by atoms with Crippen LogP contribution in [-0.2, 0) is 6.42 Å². The maximum atomic E-state index is 5.45. The predicted octanol–water partition coefficient (Wildman–Crippen LogP) is 3.31. The Bertz CT molecular complexity index is 621. The van der Waals surface area contributed by atoms with Crippen molar-refractivity contribution in [1.29, 1.82) is 0 Å². The van der Waals surface area contributed by atoms with E-state index >= 15 is 0 Å². The maximum Gasteiger partial charge on any atom is 0.161 e. The number of ether oxygens (including phenoxy) is 2. The molecule has 0 fully saturated rings. The van der Waals surface area contributed by atoms with Gasteiger partial charge in [0.1, 0.15) is 0 Å². The van der Waals surface area contributed by atoms with E-state index in [0.717, 1.165) is 24.5 Å². The summed E-state index contributed by atoms with van der Waals surface area (Å²) >= 11 is 1.81. The van der Waals surface area contributed by atoms with E-state index in [4.69, 9.17) is 9.47 Å². The Morgan fingerprint density at radius 1 is 1.20 bits per heavy atom. The molecule has 0 spiro atoms. The largest absolute Gasteiger partial charge is 0.493 e. The van der Waals surface area contributed by atoms with Crippen molar-refractivity contribution in [3.8, 4) is 11.5 Å². The molecule has 0 saturated heterocycles. The Kier molecular flexibility index (Phi) is 3.68. The molecular formula is C16H19NO2S. The van der Waals surface area contributed by atoms with Crippen molar-refractivity contribution >= 4 is 11.3 Å². The number of nitrogens with one attached hydrogen (secondary N) is 1. The number of benzene rings is 1. The molecular weight excluding hydrogens is 270 g/mol. The van der Waals surface area contributed by atoms with Crippen LogP contribution >= 0.6 is 11.3 Å². The number of rotatable bonds is 3. The highest BCUT2D eigenvalue weighted by atomic mass is 32.1. The van der Waals surface area contributed by atoms with E-state index < -0.39 is 0 Å². The SMILES string of the molecule is COc1cc2c(cc1OC)C(c1sccc1C)NCC2. The zero-order chi connectivity index (χ0) is 14.1. The number of fused-ring (bicyclic) bond motifs is 1. The lowest BCUT2D eigenvalue weighted by Crippen LogP contribution is -2.30. The Labute approximate surface area is 123 Å². The van der Waals surface area contributed by atoms with Gasteiger partial charge in [0.2, 0.25) is 0 Å². The van der Waals surface area contributed by atoms with Crippen LogP contribution in [0.4, 0.5) is 0 Å². The van der Waals surface area contributed by atoms with Crippen LogP contribution in [0.15, 0.2) is 23.6 Å². The molecule has 2 aromatic rings. The van der Waals surface area contributed by atoms with Gasteiger partial charge in [0.25, 0.3) is 0 Å². The number of thiophene rings is 1. The van der Waals surface area contributed by atoms with Gasteiger partial charge in [-0.3, -0.25) is 0 Å². The van der Waals surface area contributed by atoms with Crippen LogP contribution < -0.4 is 14.8 Å². The van der Waals surface area contributed by atoms with E-state index in [9.17, 15) is 0 Å². The second-order valence-corrected chi connectivity index (χ2v) is 5.96. The van der Waals surface area contributed by atoms with Crippen LogP contribution in [0.3, 0.4) is 0 Å². The normalized spacial score (nSPS) is 17.6. The number of methoxy groups -OCH3 is 2. The first-order valence-corrected chi connectivity index (χ1v) is 7.64.